The minimum Gasteiger partial charge on any atom is -0.349 e. The second kappa shape index (κ2) is 5.74. The quantitative estimate of drug-likeness (QED) is 0.918. The van der Waals surface area contributed by atoms with Crippen LogP contribution in [0.4, 0.5) is 0 Å². The van der Waals surface area contributed by atoms with E-state index in [4.69, 9.17) is 11.6 Å². The highest BCUT2D eigenvalue weighted by Crippen LogP contribution is 2.28. The van der Waals surface area contributed by atoms with Crippen LogP contribution in [0.3, 0.4) is 0 Å². The number of pyridine rings is 1. The first-order valence-electron chi connectivity index (χ1n) is 5.64. The topological polar surface area (TPSA) is 42.0 Å². The van der Waals surface area contributed by atoms with Crippen LogP contribution in [0.15, 0.2) is 18.5 Å². The van der Waals surface area contributed by atoms with Crippen molar-refractivity contribution in [3.8, 4) is 0 Å². The molecule has 2 atom stereocenters. The molecule has 1 N–H and O–H groups in total. The minimum atomic E-state index is -0.0934. The molecular formula is C12H15ClN2OS. The molecule has 0 spiro atoms. The van der Waals surface area contributed by atoms with Crippen LogP contribution in [0.5, 0.6) is 0 Å². The van der Waals surface area contributed by atoms with Gasteiger partial charge in [-0.3, -0.25) is 9.78 Å². The highest BCUT2D eigenvalue weighted by Gasteiger charge is 2.25. The van der Waals surface area contributed by atoms with Gasteiger partial charge >= 0.3 is 0 Å². The van der Waals surface area contributed by atoms with Gasteiger partial charge in [0.15, 0.2) is 0 Å². The molecule has 0 radical (unpaired) electrons. The van der Waals surface area contributed by atoms with Crippen LogP contribution in [0.25, 0.3) is 0 Å². The lowest BCUT2D eigenvalue weighted by atomic mass is 10.2. The van der Waals surface area contributed by atoms with Crippen LogP contribution >= 0.6 is 23.4 Å². The predicted octanol–water partition coefficient (Wildman–Crippen LogP) is 2.75. The average molecular weight is 271 g/mol. The molecule has 1 aromatic rings. The Hall–Kier alpha value is -0.740. The number of carbonyl (C=O) groups excluding carboxylic acids is 1. The molecule has 1 fully saturated rings. The molecule has 1 amide bonds. The first kappa shape index (κ1) is 12.7. The first-order valence-corrected chi connectivity index (χ1v) is 7.30. The predicted molar refractivity (Wildman–Crippen MR) is 71.7 cm³/mol. The van der Waals surface area contributed by atoms with E-state index in [1.807, 2.05) is 11.8 Å². The molecule has 1 saturated carbocycles. The lowest BCUT2D eigenvalue weighted by molar-refractivity contribution is 0.0938. The van der Waals surface area contributed by atoms with Crippen LogP contribution in [-0.2, 0) is 0 Å². The van der Waals surface area contributed by atoms with Gasteiger partial charge in [0, 0.05) is 23.7 Å². The fraction of sp³-hybridized carbons (Fsp3) is 0.500. The second-order valence-electron chi connectivity index (χ2n) is 4.20. The highest BCUT2D eigenvalue weighted by molar-refractivity contribution is 7.99. The van der Waals surface area contributed by atoms with E-state index in [9.17, 15) is 4.79 Å². The van der Waals surface area contributed by atoms with Crippen LogP contribution < -0.4 is 5.32 Å². The summed E-state index contributed by atoms with van der Waals surface area (Å²) in [5, 5.41) is 4.12. The van der Waals surface area contributed by atoms with Gasteiger partial charge in [-0.25, -0.2) is 0 Å². The number of hydrogen-bond donors (Lipinski definition) is 1. The zero-order valence-corrected chi connectivity index (χ0v) is 11.2. The number of aromatic nitrogens is 1. The van der Waals surface area contributed by atoms with Gasteiger partial charge in [0.25, 0.3) is 5.91 Å². The third-order valence-electron chi connectivity index (χ3n) is 3.07. The molecule has 1 aliphatic rings. The van der Waals surface area contributed by atoms with E-state index in [1.54, 1.807) is 12.3 Å². The molecule has 1 aromatic heterocycles. The standard InChI is InChI=1S/C12H15ClN2OS/c1-17-9-3-2-8(6-9)15-12(16)10-4-5-14-7-11(10)13/h4-5,7-9H,2-3,6H2,1H3,(H,15,16). The Morgan fingerprint density at radius 1 is 1.59 bits per heavy atom. The molecule has 92 valence electrons. The van der Waals surface area contributed by atoms with Gasteiger partial charge in [-0.15, -0.1) is 0 Å². The van der Waals surface area contributed by atoms with Gasteiger partial charge in [-0.1, -0.05) is 11.6 Å². The zero-order chi connectivity index (χ0) is 12.3. The Morgan fingerprint density at radius 3 is 3.06 bits per heavy atom. The van der Waals surface area contributed by atoms with E-state index in [-0.39, 0.29) is 11.9 Å². The van der Waals surface area contributed by atoms with Crippen molar-refractivity contribution >= 4 is 29.3 Å². The van der Waals surface area contributed by atoms with Crippen molar-refractivity contribution in [3.05, 3.63) is 29.0 Å². The van der Waals surface area contributed by atoms with E-state index in [0.29, 0.717) is 15.8 Å². The summed E-state index contributed by atoms with van der Waals surface area (Å²) in [5.74, 6) is -0.0934. The maximum Gasteiger partial charge on any atom is 0.253 e. The maximum absolute atomic E-state index is 12.0. The van der Waals surface area contributed by atoms with Gasteiger partial charge in [-0.05, 0) is 31.6 Å². The summed E-state index contributed by atoms with van der Waals surface area (Å²) in [7, 11) is 0. The Bertz CT molecular complexity index is 413. The summed E-state index contributed by atoms with van der Waals surface area (Å²) >= 11 is 7.81. The second-order valence-corrected chi connectivity index (χ2v) is 5.74. The van der Waals surface area contributed by atoms with Crippen molar-refractivity contribution in [2.45, 2.75) is 30.6 Å². The van der Waals surface area contributed by atoms with Gasteiger partial charge in [0.2, 0.25) is 0 Å². The fourth-order valence-electron chi connectivity index (χ4n) is 2.11. The molecular weight excluding hydrogens is 256 g/mol. The van der Waals surface area contributed by atoms with Gasteiger partial charge in [-0.2, -0.15) is 11.8 Å². The normalized spacial score (nSPS) is 23.6. The maximum atomic E-state index is 12.0. The summed E-state index contributed by atoms with van der Waals surface area (Å²) in [4.78, 5) is 15.9. The van der Waals surface area contributed by atoms with Gasteiger partial charge in [0.1, 0.15) is 0 Å². The molecule has 0 bridgehead atoms. The van der Waals surface area contributed by atoms with Crippen molar-refractivity contribution in [1.82, 2.24) is 10.3 Å². The van der Waals surface area contributed by atoms with E-state index >= 15 is 0 Å². The summed E-state index contributed by atoms with van der Waals surface area (Å²) in [6.07, 6.45) is 8.48. The lowest BCUT2D eigenvalue weighted by Crippen LogP contribution is -2.33. The molecule has 0 aliphatic heterocycles. The number of nitrogens with one attached hydrogen (secondary N) is 1. The molecule has 1 heterocycles. The van der Waals surface area contributed by atoms with Gasteiger partial charge in [0.05, 0.1) is 10.6 Å². The minimum absolute atomic E-state index is 0.0934. The van der Waals surface area contributed by atoms with Crippen molar-refractivity contribution in [1.29, 1.82) is 0 Å². The number of amides is 1. The molecule has 0 saturated heterocycles. The smallest absolute Gasteiger partial charge is 0.253 e. The molecule has 5 heteroatoms. The molecule has 2 rings (SSSR count). The third-order valence-corrected chi connectivity index (χ3v) is 4.47. The first-order chi connectivity index (χ1) is 8.20. The SMILES string of the molecule is CSC1CCC(NC(=O)c2ccncc2Cl)C1. The average Bonchev–Trinajstić information content (AvgIpc) is 2.77. The van der Waals surface area contributed by atoms with E-state index in [1.165, 1.54) is 12.6 Å². The Kier molecular flexibility index (Phi) is 4.29. The van der Waals surface area contributed by atoms with Crippen molar-refractivity contribution in [3.63, 3.8) is 0 Å². The summed E-state index contributed by atoms with van der Waals surface area (Å²) in [6.45, 7) is 0. The van der Waals surface area contributed by atoms with Crippen LogP contribution in [0.1, 0.15) is 29.6 Å². The number of halogens is 1. The number of nitrogens with zero attached hydrogens (tertiary/aromatic N) is 1. The van der Waals surface area contributed by atoms with Crippen molar-refractivity contribution in [2.24, 2.45) is 0 Å². The number of carbonyl (C=O) groups is 1. The molecule has 1 aliphatic carbocycles. The van der Waals surface area contributed by atoms with E-state index in [0.717, 1.165) is 12.8 Å². The number of hydrogen-bond acceptors (Lipinski definition) is 3. The molecule has 2 unspecified atom stereocenters. The Morgan fingerprint density at radius 2 is 2.41 bits per heavy atom. The monoisotopic (exact) mass is 270 g/mol. The van der Waals surface area contributed by atoms with E-state index in [2.05, 4.69) is 16.6 Å². The Balaban J connectivity index is 1.96. The number of thioether (sulfide) groups is 1. The van der Waals surface area contributed by atoms with Crippen molar-refractivity contribution < 1.29 is 4.79 Å². The van der Waals surface area contributed by atoms with E-state index < -0.39 is 0 Å². The summed E-state index contributed by atoms with van der Waals surface area (Å²) < 4.78 is 0. The number of rotatable bonds is 3. The zero-order valence-electron chi connectivity index (χ0n) is 9.65. The highest BCUT2D eigenvalue weighted by atomic mass is 35.5. The third kappa shape index (κ3) is 3.13. The van der Waals surface area contributed by atoms with Crippen LogP contribution in [0.2, 0.25) is 5.02 Å². The molecule has 0 aromatic carbocycles. The largest absolute Gasteiger partial charge is 0.349 e. The van der Waals surface area contributed by atoms with Crippen molar-refractivity contribution in [2.75, 3.05) is 6.26 Å². The van der Waals surface area contributed by atoms with Gasteiger partial charge < -0.3 is 5.32 Å². The summed E-state index contributed by atoms with van der Waals surface area (Å²) in [6, 6.07) is 1.93. The summed E-state index contributed by atoms with van der Waals surface area (Å²) in [5.41, 5.74) is 0.509. The molecule has 3 nitrogen and oxygen atoms in total. The molecule has 17 heavy (non-hydrogen) atoms. The fourth-order valence-corrected chi connectivity index (χ4v) is 3.11. The lowest BCUT2D eigenvalue weighted by Gasteiger charge is -2.13. The van der Waals surface area contributed by atoms with Crippen LogP contribution in [-0.4, -0.2) is 28.4 Å². The Labute approximate surface area is 110 Å². The van der Waals surface area contributed by atoms with Crippen LogP contribution in [0, 0.1) is 0 Å².